The molecule has 3 aliphatic heterocycles. The molecule has 19 heteroatoms. The van der Waals surface area contributed by atoms with Crippen LogP contribution in [0.3, 0.4) is 0 Å². The van der Waals surface area contributed by atoms with Crippen LogP contribution in [0.5, 0.6) is 0 Å². The highest BCUT2D eigenvalue weighted by Gasteiger charge is 2.53. The molecule has 17 atom stereocenters. The van der Waals surface area contributed by atoms with Gasteiger partial charge in [0.2, 0.25) is 5.91 Å². The van der Waals surface area contributed by atoms with Gasteiger partial charge in [0, 0.05) is 6.42 Å². The second kappa shape index (κ2) is 54.7. The zero-order chi connectivity index (χ0) is 66.8. The fourth-order valence-electron chi connectivity index (χ4n) is 12.5. The average molecular weight is 1310 g/mol. The number of amides is 1. The molecule has 0 spiro atoms. The van der Waals surface area contributed by atoms with E-state index in [0.717, 1.165) is 83.5 Å². The Morgan fingerprint density at radius 2 is 0.750 bits per heavy atom. The number of aliphatic hydroxyl groups is 11. The number of unbranched alkanes of at least 4 members (excludes halogenated alkanes) is 33. The zero-order valence-corrected chi connectivity index (χ0v) is 57.0. The van der Waals surface area contributed by atoms with Crippen molar-refractivity contribution in [1.29, 1.82) is 0 Å². The van der Waals surface area contributed by atoms with E-state index in [1.165, 1.54) is 161 Å². The van der Waals surface area contributed by atoms with Gasteiger partial charge in [-0.25, -0.2) is 0 Å². The Labute approximate surface area is 554 Å². The molecule has 3 heterocycles. The topological polar surface area (TPSA) is 307 Å². The number of nitrogens with one attached hydrogen (secondary N) is 1. The van der Waals surface area contributed by atoms with Gasteiger partial charge in [-0.3, -0.25) is 4.79 Å². The van der Waals surface area contributed by atoms with Crippen molar-refractivity contribution in [2.75, 3.05) is 26.4 Å². The van der Waals surface area contributed by atoms with E-state index in [1.54, 1.807) is 0 Å². The van der Waals surface area contributed by atoms with Gasteiger partial charge in [-0.2, -0.15) is 0 Å². The maximum Gasteiger partial charge on any atom is 0.220 e. The second-order valence-electron chi connectivity index (χ2n) is 26.4. The van der Waals surface area contributed by atoms with E-state index in [-0.39, 0.29) is 18.9 Å². The number of aliphatic hydroxyl groups excluding tert-OH is 11. The molecule has 3 fully saturated rings. The first kappa shape index (κ1) is 84.0. The van der Waals surface area contributed by atoms with Gasteiger partial charge in [-0.1, -0.05) is 268 Å². The fraction of sp³-hybridized carbons (Fsp3) is 0.877. The van der Waals surface area contributed by atoms with Gasteiger partial charge in [-0.05, 0) is 51.4 Å². The highest BCUT2D eigenvalue weighted by Crippen LogP contribution is 2.33. The monoisotopic (exact) mass is 1310 g/mol. The summed E-state index contributed by atoms with van der Waals surface area (Å²) in [4.78, 5) is 13.4. The molecule has 0 aromatic heterocycles. The number of carbonyl (C=O) groups excluding carboxylic acids is 1. The van der Waals surface area contributed by atoms with Crippen molar-refractivity contribution in [2.45, 2.75) is 381 Å². The minimum atomic E-state index is -1.97. The number of hydrogen-bond acceptors (Lipinski definition) is 18. The zero-order valence-electron chi connectivity index (χ0n) is 57.0. The predicted molar refractivity (Wildman–Crippen MR) is 360 cm³/mol. The van der Waals surface area contributed by atoms with Crippen LogP contribution < -0.4 is 5.32 Å². The molecule has 0 aliphatic carbocycles. The molecule has 538 valence electrons. The second-order valence-corrected chi connectivity index (χ2v) is 26.4. The number of carbonyl (C=O) groups is 1. The molecule has 17 unspecified atom stereocenters. The van der Waals surface area contributed by atoms with Crippen LogP contribution in [-0.2, 0) is 33.2 Å². The Kier molecular flexibility index (Phi) is 50.0. The Morgan fingerprint density at radius 3 is 1.17 bits per heavy atom. The van der Waals surface area contributed by atoms with E-state index in [4.69, 9.17) is 28.4 Å². The summed E-state index contributed by atoms with van der Waals surface area (Å²) in [5.74, 6) is -0.249. The Bertz CT molecular complexity index is 1860. The van der Waals surface area contributed by atoms with Gasteiger partial charge in [0.15, 0.2) is 18.9 Å². The van der Waals surface area contributed by atoms with E-state index in [1.807, 2.05) is 0 Å². The van der Waals surface area contributed by atoms with Crippen LogP contribution in [-0.4, -0.2) is 193 Å². The largest absolute Gasteiger partial charge is 0.394 e. The third-order valence-corrected chi connectivity index (χ3v) is 18.4. The maximum absolute atomic E-state index is 13.4. The van der Waals surface area contributed by atoms with Crippen LogP contribution in [0.1, 0.15) is 277 Å². The third-order valence-electron chi connectivity index (χ3n) is 18.4. The van der Waals surface area contributed by atoms with Crippen LogP contribution in [0.25, 0.3) is 0 Å². The van der Waals surface area contributed by atoms with E-state index < -0.39 is 124 Å². The summed E-state index contributed by atoms with van der Waals surface area (Å²) in [5, 5.41) is 121. The van der Waals surface area contributed by atoms with Crippen molar-refractivity contribution < 1.29 is 89.4 Å². The summed E-state index contributed by atoms with van der Waals surface area (Å²) < 4.78 is 34.5. The van der Waals surface area contributed by atoms with Crippen molar-refractivity contribution in [3.8, 4) is 0 Å². The molecule has 3 saturated heterocycles. The third kappa shape index (κ3) is 35.8. The van der Waals surface area contributed by atoms with Crippen molar-refractivity contribution in [2.24, 2.45) is 0 Å². The molecule has 3 rings (SSSR count). The molecule has 1 amide bonds. The highest BCUT2D eigenvalue weighted by atomic mass is 16.8. The van der Waals surface area contributed by atoms with Crippen molar-refractivity contribution in [3.63, 3.8) is 0 Å². The summed E-state index contributed by atoms with van der Waals surface area (Å²) in [7, 11) is 0. The Balaban J connectivity index is 1.41. The lowest BCUT2D eigenvalue weighted by atomic mass is 9.96. The first-order valence-corrected chi connectivity index (χ1v) is 36.9. The van der Waals surface area contributed by atoms with Gasteiger partial charge >= 0.3 is 0 Å². The van der Waals surface area contributed by atoms with Gasteiger partial charge in [0.25, 0.3) is 0 Å². The first-order valence-electron chi connectivity index (χ1n) is 36.9. The smallest absolute Gasteiger partial charge is 0.220 e. The van der Waals surface area contributed by atoms with Gasteiger partial charge in [-0.15, -0.1) is 0 Å². The molecule has 0 aromatic carbocycles. The summed E-state index contributed by atoms with van der Waals surface area (Å²) in [6, 6.07) is -0.895. The number of ether oxygens (including phenoxy) is 6. The SMILES string of the molecule is CC/C=C\C/C=C\C/C=C\C/C=C\CCCCCCCCCCC(=O)NC(COC1OC(CO)C(OC2OC(CO)C(OC3OC(CO)C(O)C(O)C3O)C(O)C2O)C(O)C1O)C(O)CCCCCCCCCCCCCCCCCCCCCCCCCCCC. The molecule has 0 bridgehead atoms. The predicted octanol–water partition coefficient (Wildman–Crippen LogP) is 10.6. The van der Waals surface area contributed by atoms with Gasteiger partial charge < -0.3 is 89.9 Å². The van der Waals surface area contributed by atoms with Crippen molar-refractivity contribution >= 4 is 5.91 Å². The number of hydrogen-bond donors (Lipinski definition) is 12. The maximum atomic E-state index is 13.4. The standard InChI is InChI=1S/C73H133NO18/c1-3-5-7-9-11-13-15-17-19-21-23-25-26-27-28-29-31-32-34-36-38-40-42-44-46-48-50-57(78)56(74-61(79)51-49-47-45-43-41-39-37-35-33-30-24-22-20-18-16-14-12-10-8-6-4-2)55-87-71-67(85)64(82)69(59(53-76)89-71)92-73-68(86)65(83)70(60(54-77)90-73)91-72-66(84)63(81)62(80)58(52-75)88-72/h6,8,12,14,18,20,24,30,56-60,62-73,75-78,80-86H,3-5,7,9-11,13,15-17,19,21-23,25-29,31-55H2,1-2H3,(H,74,79)/b8-6-,14-12-,20-18-,30-24-. The van der Waals surface area contributed by atoms with Crippen LogP contribution in [0.15, 0.2) is 48.6 Å². The Morgan fingerprint density at radius 1 is 0.402 bits per heavy atom. The lowest BCUT2D eigenvalue weighted by Crippen LogP contribution is -2.66. The minimum absolute atomic E-state index is 0.249. The molecule has 19 nitrogen and oxygen atoms in total. The van der Waals surface area contributed by atoms with E-state index in [2.05, 4.69) is 67.8 Å². The molecule has 0 aromatic rings. The molecular weight excluding hydrogens is 1180 g/mol. The molecule has 12 N–H and O–H groups in total. The summed E-state index contributed by atoms with van der Waals surface area (Å²) in [6.07, 6.45) is 39.0. The molecule has 0 saturated carbocycles. The van der Waals surface area contributed by atoms with Crippen LogP contribution in [0.4, 0.5) is 0 Å². The van der Waals surface area contributed by atoms with Gasteiger partial charge in [0.05, 0.1) is 38.6 Å². The first-order chi connectivity index (χ1) is 44.8. The summed E-state index contributed by atoms with van der Waals surface area (Å²) >= 11 is 0. The van der Waals surface area contributed by atoms with Crippen LogP contribution in [0.2, 0.25) is 0 Å². The average Bonchev–Trinajstić information content (AvgIpc) is 0.838. The molecular formula is C73H133NO18. The van der Waals surface area contributed by atoms with E-state index in [0.29, 0.717) is 12.8 Å². The van der Waals surface area contributed by atoms with E-state index >= 15 is 0 Å². The fourth-order valence-corrected chi connectivity index (χ4v) is 12.5. The summed E-state index contributed by atoms with van der Waals surface area (Å²) in [5.41, 5.74) is 0. The molecule has 0 radical (unpaired) electrons. The lowest BCUT2D eigenvalue weighted by molar-refractivity contribution is -0.379. The minimum Gasteiger partial charge on any atom is -0.394 e. The van der Waals surface area contributed by atoms with Gasteiger partial charge in [0.1, 0.15) is 73.2 Å². The highest BCUT2D eigenvalue weighted by molar-refractivity contribution is 5.76. The summed E-state index contributed by atoms with van der Waals surface area (Å²) in [6.45, 7) is 1.71. The van der Waals surface area contributed by atoms with E-state index in [9.17, 15) is 61.0 Å². The Hall–Kier alpha value is -2.25. The number of allylic oxidation sites excluding steroid dienone is 8. The van der Waals surface area contributed by atoms with Crippen LogP contribution in [0, 0.1) is 0 Å². The quantitative estimate of drug-likeness (QED) is 0.0199. The lowest BCUT2D eigenvalue weighted by Gasteiger charge is -2.48. The normalized spacial score (nSPS) is 27.9. The molecule has 3 aliphatic rings. The molecule has 92 heavy (non-hydrogen) atoms. The van der Waals surface area contributed by atoms with Crippen LogP contribution >= 0.6 is 0 Å². The number of rotatable bonds is 57. The van der Waals surface area contributed by atoms with Crippen molar-refractivity contribution in [3.05, 3.63) is 48.6 Å². The van der Waals surface area contributed by atoms with Crippen molar-refractivity contribution in [1.82, 2.24) is 5.32 Å².